The third kappa shape index (κ3) is 3.13. The number of piperidine rings is 1. The van der Waals surface area contributed by atoms with E-state index in [1.54, 1.807) is 17.8 Å². The van der Waals surface area contributed by atoms with Gasteiger partial charge in [-0.3, -0.25) is 4.79 Å². The maximum Gasteiger partial charge on any atom is 0.255 e. The minimum absolute atomic E-state index is 0.00731. The normalized spacial score (nSPS) is 22.9. The Hall–Kier alpha value is -0.710. The molecule has 0 aliphatic carbocycles. The Morgan fingerprint density at radius 2 is 2.30 bits per heavy atom. The van der Waals surface area contributed by atoms with Gasteiger partial charge in [-0.05, 0) is 43.2 Å². The van der Waals surface area contributed by atoms with Gasteiger partial charge in [0.25, 0.3) is 5.91 Å². The Morgan fingerprint density at radius 1 is 1.55 bits per heavy atom. The van der Waals surface area contributed by atoms with Crippen LogP contribution >= 0.6 is 23.4 Å². The SMILES string of the molecule is CSc1ccc(Cl)c(C(=O)N2CCCC(C)C2CN)c1. The van der Waals surface area contributed by atoms with Crippen LogP contribution in [0.25, 0.3) is 0 Å². The van der Waals surface area contributed by atoms with Crippen LogP contribution in [-0.4, -0.2) is 36.2 Å². The van der Waals surface area contributed by atoms with E-state index in [4.69, 9.17) is 17.3 Å². The fraction of sp³-hybridized carbons (Fsp3) is 0.533. The molecule has 1 fully saturated rings. The van der Waals surface area contributed by atoms with Crippen LogP contribution in [0.1, 0.15) is 30.1 Å². The molecule has 2 N–H and O–H groups in total. The summed E-state index contributed by atoms with van der Waals surface area (Å²) in [7, 11) is 0. The van der Waals surface area contributed by atoms with Crippen molar-refractivity contribution in [3.05, 3.63) is 28.8 Å². The van der Waals surface area contributed by atoms with Crippen LogP contribution in [-0.2, 0) is 0 Å². The standard InChI is InChI=1S/C15H21ClN2OS/c1-10-4-3-7-18(14(10)9-17)15(19)12-8-11(20-2)5-6-13(12)16/h5-6,8,10,14H,3-4,7,9,17H2,1-2H3. The minimum Gasteiger partial charge on any atom is -0.334 e. The van der Waals surface area contributed by atoms with Crippen molar-refractivity contribution < 1.29 is 4.79 Å². The molecule has 2 rings (SSSR count). The molecule has 110 valence electrons. The van der Waals surface area contributed by atoms with Crippen LogP contribution < -0.4 is 5.73 Å². The highest BCUT2D eigenvalue weighted by molar-refractivity contribution is 7.98. The Bertz CT molecular complexity index is 495. The molecule has 0 bridgehead atoms. The lowest BCUT2D eigenvalue weighted by Crippen LogP contribution is -2.51. The molecule has 0 saturated carbocycles. The highest BCUT2D eigenvalue weighted by atomic mass is 35.5. The van der Waals surface area contributed by atoms with Crippen LogP contribution in [0.3, 0.4) is 0 Å². The molecule has 5 heteroatoms. The number of nitrogens with zero attached hydrogens (tertiary/aromatic N) is 1. The topological polar surface area (TPSA) is 46.3 Å². The Labute approximate surface area is 129 Å². The fourth-order valence-corrected chi connectivity index (χ4v) is 3.45. The van der Waals surface area contributed by atoms with Gasteiger partial charge in [0.15, 0.2) is 0 Å². The molecule has 1 saturated heterocycles. The molecule has 2 atom stereocenters. The number of hydrogen-bond donors (Lipinski definition) is 1. The summed E-state index contributed by atoms with van der Waals surface area (Å²) >= 11 is 7.82. The predicted octanol–water partition coefficient (Wildman–Crippen LogP) is 3.26. The van der Waals surface area contributed by atoms with Crippen molar-refractivity contribution in [2.24, 2.45) is 11.7 Å². The van der Waals surface area contributed by atoms with Gasteiger partial charge < -0.3 is 10.6 Å². The summed E-state index contributed by atoms with van der Waals surface area (Å²) in [5.41, 5.74) is 6.45. The summed E-state index contributed by atoms with van der Waals surface area (Å²) in [6, 6.07) is 5.72. The third-order valence-corrected chi connectivity index (χ3v) is 5.08. The molecule has 2 unspecified atom stereocenters. The average Bonchev–Trinajstić information content (AvgIpc) is 2.46. The number of rotatable bonds is 3. The number of benzene rings is 1. The summed E-state index contributed by atoms with van der Waals surface area (Å²) in [6.07, 6.45) is 4.15. The van der Waals surface area contributed by atoms with Crippen molar-refractivity contribution in [3.8, 4) is 0 Å². The third-order valence-electron chi connectivity index (χ3n) is 4.02. The molecule has 20 heavy (non-hydrogen) atoms. The van der Waals surface area contributed by atoms with Gasteiger partial charge in [0.2, 0.25) is 0 Å². The molecule has 0 radical (unpaired) electrons. The molecule has 0 aromatic heterocycles. The van der Waals surface area contributed by atoms with Crippen LogP contribution in [0.5, 0.6) is 0 Å². The second-order valence-electron chi connectivity index (χ2n) is 5.27. The lowest BCUT2D eigenvalue weighted by Gasteiger charge is -2.39. The summed E-state index contributed by atoms with van der Waals surface area (Å²) in [5.74, 6) is 0.452. The molecular weight excluding hydrogens is 292 g/mol. The number of amides is 1. The number of thioether (sulfide) groups is 1. The van der Waals surface area contributed by atoms with Crippen molar-refractivity contribution in [1.29, 1.82) is 0 Å². The van der Waals surface area contributed by atoms with E-state index in [2.05, 4.69) is 6.92 Å². The maximum absolute atomic E-state index is 12.8. The van der Waals surface area contributed by atoms with Crippen LogP contribution in [0.4, 0.5) is 0 Å². The molecule has 1 amide bonds. The predicted molar refractivity (Wildman–Crippen MR) is 85.5 cm³/mol. The first-order chi connectivity index (χ1) is 9.58. The van der Waals surface area contributed by atoms with Gasteiger partial charge in [-0.2, -0.15) is 0 Å². The van der Waals surface area contributed by atoms with E-state index in [9.17, 15) is 4.79 Å². The molecular formula is C15H21ClN2OS. The van der Waals surface area contributed by atoms with E-state index >= 15 is 0 Å². The summed E-state index contributed by atoms with van der Waals surface area (Å²) < 4.78 is 0. The van der Waals surface area contributed by atoms with Crippen LogP contribution in [0.15, 0.2) is 23.1 Å². The number of hydrogen-bond acceptors (Lipinski definition) is 3. The van der Waals surface area contributed by atoms with E-state index < -0.39 is 0 Å². The zero-order valence-corrected chi connectivity index (χ0v) is 13.5. The first-order valence-corrected chi connectivity index (χ1v) is 8.53. The van der Waals surface area contributed by atoms with Gasteiger partial charge in [-0.25, -0.2) is 0 Å². The minimum atomic E-state index is 0.00731. The largest absolute Gasteiger partial charge is 0.334 e. The Kier molecular flexibility index (Phi) is 5.35. The second kappa shape index (κ2) is 6.83. The number of nitrogens with two attached hydrogens (primary N) is 1. The number of halogens is 1. The average molecular weight is 313 g/mol. The van der Waals surface area contributed by atoms with Crippen LogP contribution in [0, 0.1) is 5.92 Å². The van der Waals surface area contributed by atoms with E-state index in [-0.39, 0.29) is 11.9 Å². The van der Waals surface area contributed by atoms with Crippen LogP contribution in [0.2, 0.25) is 5.02 Å². The first kappa shape index (κ1) is 15.7. The van der Waals surface area contributed by atoms with Crippen molar-refractivity contribution in [1.82, 2.24) is 4.90 Å². The monoisotopic (exact) mass is 312 g/mol. The Balaban J connectivity index is 2.30. The molecule has 3 nitrogen and oxygen atoms in total. The van der Waals surface area contributed by atoms with Gasteiger partial charge >= 0.3 is 0 Å². The molecule has 0 spiro atoms. The maximum atomic E-state index is 12.8. The lowest BCUT2D eigenvalue weighted by molar-refractivity contribution is 0.0532. The quantitative estimate of drug-likeness (QED) is 0.871. The zero-order chi connectivity index (χ0) is 14.7. The number of carbonyl (C=O) groups excluding carboxylic acids is 1. The van der Waals surface area contributed by atoms with Crippen molar-refractivity contribution in [3.63, 3.8) is 0 Å². The van der Waals surface area contributed by atoms with Gasteiger partial charge in [-0.15, -0.1) is 11.8 Å². The summed E-state index contributed by atoms with van der Waals surface area (Å²) in [4.78, 5) is 15.7. The molecule has 1 aliphatic heterocycles. The van der Waals surface area contributed by atoms with E-state index in [0.717, 1.165) is 24.3 Å². The van der Waals surface area contributed by atoms with Crippen molar-refractivity contribution in [2.75, 3.05) is 19.3 Å². The lowest BCUT2D eigenvalue weighted by atomic mass is 9.90. The number of likely N-dealkylation sites (tertiary alicyclic amines) is 1. The number of carbonyl (C=O) groups is 1. The summed E-state index contributed by atoms with van der Waals surface area (Å²) in [5, 5.41) is 0.516. The molecule has 1 heterocycles. The van der Waals surface area contributed by atoms with Gasteiger partial charge in [0, 0.05) is 24.0 Å². The fourth-order valence-electron chi connectivity index (χ4n) is 2.81. The van der Waals surface area contributed by atoms with Crippen molar-refractivity contribution in [2.45, 2.75) is 30.7 Å². The van der Waals surface area contributed by atoms with Gasteiger partial charge in [0.1, 0.15) is 0 Å². The summed E-state index contributed by atoms with van der Waals surface area (Å²) in [6.45, 7) is 3.44. The molecule has 1 aromatic carbocycles. The van der Waals surface area contributed by atoms with E-state index in [1.165, 1.54) is 0 Å². The highest BCUT2D eigenvalue weighted by Crippen LogP contribution is 2.28. The smallest absolute Gasteiger partial charge is 0.255 e. The first-order valence-electron chi connectivity index (χ1n) is 6.93. The van der Waals surface area contributed by atoms with Gasteiger partial charge in [0.05, 0.1) is 10.6 Å². The van der Waals surface area contributed by atoms with Crippen molar-refractivity contribution >= 4 is 29.3 Å². The molecule has 1 aromatic rings. The van der Waals surface area contributed by atoms with E-state index in [1.807, 2.05) is 23.3 Å². The van der Waals surface area contributed by atoms with Gasteiger partial charge in [-0.1, -0.05) is 18.5 Å². The zero-order valence-electron chi connectivity index (χ0n) is 11.9. The highest BCUT2D eigenvalue weighted by Gasteiger charge is 2.32. The molecule has 1 aliphatic rings. The Morgan fingerprint density at radius 3 is 2.95 bits per heavy atom. The van der Waals surface area contributed by atoms with E-state index in [0.29, 0.717) is 23.0 Å². The second-order valence-corrected chi connectivity index (χ2v) is 6.55.